The van der Waals surface area contributed by atoms with Crippen LogP contribution >= 0.6 is 23.0 Å². The summed E-state index contributed by atoms with van der Waals surface area (Å²) in [6.45, 7) is 0. The normalized spacial score (nSPS) is 10.7. The van der Waals surface area contributed by atoms with E-state index in [1.165, 1.54) is 0 Å². The monoisotopic (exact) mass is 354 g/mol. The molecular formula is C13H11IN2O2. The van der Waals surface area contributed by atoms with Crippen LogP contribution in [0.25, 0.3) is 0 Å². The molecule has 0 radical (unpaired) electrons. The second-order valence-electron chi connectivity index (χ2n) is 3.64. The lowest BCUT2D eigenvalue weighted by Crippen LogP contribution is -1.91. The maximum Gasteiger partial charge on any atom is 0.192 e. The van der Waals surface area contributed by atoms with Crippen LogP contribution in [-0.4, -0.2) is 11.3 Å². The molecule has 18 heavy (non-hydrogen) atoms. The lowest BCUT2D eigenvalue weighted by molar-refractivity contribution is 0.475. The molecule has 3 N–H and O–H groups in total. The van der Waals surface area contributed by atoms with Gasteiger partial charge in [-0.25, -0.2) is 0 Å². The third kappa shape index (κ3) is 3.13. The summed E-state index contributed by atoms with van der Waals surface area (Å²) in [5.74, 6) is 0.936. The first-order valence-electron chi connectivity index (χ1n) is 5.20. The van der Waals surface area contributed by atoms with E-state index < -0.39 is 0 Å². The molecule has 0 aromatic heterocycles. The minimum atomic E-state index is 0.166. The van der Waals surface area contributed by atoms with Crippen molar-refractivity contribution in [2.24, 2.45) is 4.99 Å². The van der Waals surface area contributed by atoms with E-state index >= 15 is 0 Å². The average Bonchev–Trinajstić information content (AvgIpc) is 2.40. The molecule has 0 aliphatic heterocycles. The van der Waals surface area contributed by atoms with Crippen LogP contribution in [-0.2, 0) is 0 Å². The Morgan fingerprint density at radius 2 is 1.89 bits per heavy atom. The summed E-state index contributed by atoms with van der Waals surface area (Å²) in [5, 5.41) is 9.37. The van der Waals surface area contributed by atoms with E-state index in [9.17, 15) is 5.11 Å². The number of anilines is 1. The molecule has 0 aliphatic carbocycles. The van der Waals surface area contributed by atoms with Crippen molar-refractivity contribution in [3.63, 3.8) is 0 Å². The number of rotatable bonds is 3. The molecular weight excluding hydrogens is 343 g/mol. The summed E-state index contributed by atoms with van der Waals surface area (Å²) in [6.07, 6.45) is 1.62. The molecule has 0 amide bonds. The van der Waals surface area contributed by atoms with Crippen molar-refractivity contribution in [3.8, 4) is 11.5 Å². The number of phenols is 1. The summed E-state index contributed by atoms with van der Waals surface area (Å²) in [7, 11) is 0. The molecule has 0 spiro atoms. The highest BCUT2D eigenvalue weighted by Gasteiger charge is 1.98. The Balaban J connectivity index is 2.21. The van der Waals surface area contributed by atoms with E-state index in [0.29, 0.717) is 11.3 Å². The van der Waals surface area contributed by atoms with Gasteiger partial charge in [-0.3, -0.25) is 4.99 Å². The van der Waals surface area contributed by atoms with Crippen LogP contribution in [0.1, 0.15) is 5.56 Å². The maximum atomic E-state index is 9.37. The van der Waals surface area contributed by atoms with E-state index in [1.807, 2.05) is 47.3 Å². The lowest BCUT2D eigenvalue weighted by Gasteiger charge is -2.01. The first kappa shape index (κ1) is 12.7. The molecule has 4 nitrogen and oxygen atoms in total. The van der Waals surface area contributed by atoms with Gasteiger partial charge in [-0.15, -0.1) is 0 Å². The first-order chi connectivity index (χ1) is 8.69. The Bertz CT molecular complexity index is 568. The van der Waals surface area contributed by atoms with Crippen molar-refractivity contribution in [2.45, 2.75) is 0 Å². The largest absolute Gasteiger partial charge is 0.508 e. The number of nitrogens with zero attached hydrogens (tertiary/aromatic N) is 1. The predicted octanol–water partition coefficient (Wildman–Crippen LogP) is 3.45. The third-order valence-electron chi connectivity index (χ3n) is 2.35. The topological polar surface area (TPSA) is 67.8 Å². The van der Waals surface area contributed by atoms with Gasteiger partial charge in [-0.2, -0.15) is 0 Å². The molecule has 0 aliphatic rings. The van der Waals surface area contributed by atoms with E-state index in [4.69, 9.17) is 8.80 Å². The fraction of sp³-hybridized carbons (Fsp3) is 0. The fourth-order valence-electron chi connectivity index (χ4n) is 1.40. The number of benzene rings is 2. The summed E-state index contributed by atoms with van der Waals surface area (Å²) >= 11 is 1.82. The van der Waals surface area contributed by atoms with Gasteiger partial charge in [0, 0.05) is 17.5 Å². The molecule has 0 saturated carbocycles. The second kappa shape index (κ2) is 5.72. The Morgan fingerprint density at radius 3 is 2.56 bits per heavy atom. The van der Waals surface area contributed by atoms with E-state index in [0.717, 1.165) is 11.4 Å². The van der Waals surface area contributed by atoms with Gasteiger partial charge in [0.1, 0.15) is 11.5 Å². The molecule has 0 unspecified atom stereocenters. The maximum absolute atomic E-state index is 9.37. The number of halogens is 1. The molecule has 0 bridgehead atoms. The van der Waals surface area contributed by atoms with Gasteiger partial charge in [-0.05, 0) is 42.5 Å². The number of phenolic OH excluding ortho intramolecular Hbond substituents is 1. The quantitative estimate of drug-likeness (QED) is 0.384. The minimum Gasteiger partial charge on any atom is -0.508 e. The van der Waals surface area contributed by atoms with Gasteiger partial charge >= 0.3 is 0 Å². The van der Waals surface area contributed by atoms with Crippen molar-refractivity contribution in [1.29, 1.82) is 0 Å². The number of aliphatic imine (C=N–C) groups is 1. The molecule has 0 atom stereocenters. The van der Waals surface area contributed by atoms with Crippen LogP contribution in [0, 0.1) is 0 Å². The van der Waals surface area contributed by atoms with Crippen LogP contribution in [0.4, 0.5) is 11.4 Å². The molecule has 0 fully saturated rings. The number of hydrogen-bond donors (Lipinski definition) is 2. The van der Waals surface area contributed by atoms with Gasteiger partial charge in [0.05, 0.1) is 5.69 Å². The van der Waals surface area contributed by atoms with Gasteiger partial charge < -0.3 is 13.9 Å². The Kier molecular flexibility index (Phi) is 4.03. The van der Waals surface area contributed by atoms with E-state index in [2.05, 4.69) is 4.99 Å². The highest BCUT2D eigenvalue weighted by Crippen LogP contribution is 2.21. The fourth-order valence-corrected chi connectivity index (χ4v) is 1.70. The summed E-state index contributed by atoms with van der Waals surface area (Å²) in [4.78, 5) is 4.28. The van der Waals surface area contributed by atoms with Crippen molar-refractivity contribution >= 4 is 40.6 Å². The Labute approximate surface area is 119 Å². The van der Waals surface area contributed by atoms with Gasteiger partial charge in [0.25, 0.3) is 0 Å². The van der Waals surface area contributed by atoms with E-state index in [-0.39, 0.29) is 5.75 Å². The van der Waals surface area contributed by atoms with Crippen molar-refractivity contribution < 1.29 is 8.17 Å². The standard InChI is InChI=1S/C13H11IN2O2/c14-18-12-4-1-10(2-5-12)16-8-9-7-11(17)3-6-13(9)15/h1-8,17H,15H2. The molecule has 92 valence electrons. The second-order valence-corrected chi connectivity index (χ2v) is 4.08. The van der Waals surface area contributed by atoms with Gasteiger partial charge in [0.15, 0.2) is 23.0 Å². The van der Waals surface area contributed by atoms with Crippen molar-refractivity contribution in [3.05, 3.63) is 48.0 Å². The Hall–Kier alpha value is -1.76. The third-order valence-corrected chi connectivity index (χ3v) is 2.86. The average molecular weight is 354 g/mol. The number of hydrogen-bond acceptors (Lipinski definition) is 4. The predicted molar refractivity (Wildman–Crippen MR) is 80.9 cm³/mol. The van der Waals surface area contributed by atoms with Crippen LogP contribution in [0.15, 0.2) is 47.5 Å². The summed E-state index contributed by atoms with van der Waals surface area (Å²) < 4.78 is 5.03. The van der Waals surface area contributed by atoms with Crippen LogP contribution in [0.5, 0.6) is 11.5 Å². The zero-order valence-corrected chi connectivity index (χ0v) is 11.5. The lowest BCUT2D eigenvalue weighted by atomic mass is 10.2. The molecule has 2 aromatic carbocycles. The van der Waals surface area contributed by atoms with Gasteiger partial charge in [-0.1, -0.05) is 0 Å². The van der Waals surface area contributed by atoms with Crippen LogP contribution in [0.2, 0.25) is 0 Å². The van der Waals surface area contributed by atoms with Crippen molar-refractivity contribution in [2.75, 3.05) is 5.73 Å². The molecule has 2 rings (SSSR count). The van der Waals surface area contributed by atoms with E-state index in [1.54, 1.807) is 24.4 Å². The van der Waals surface area contributed by atoms with Crippen molar-refractivity contribution in [1.82, 2.24) is 0 Å². The number of nitrogens with two attached hydrogens (primary N) is 1. The minimum absolute atomic E-state index is 0.166. The van der Waals surface area contributed by atoms with Gasteiger partial charge in [0.2, 0.25) is 0 Å². The highest BCUT2D eigenvalue weighted by molar-refractivity contribution is 14.1. The smallest absolute Gasteiger partial charge is 0.192 e. The highest BCUT2D eigenvalue weighted by atomic mass is 127. The zero-order valence-electron chi connectivity index (χ0n) is 9.38. The molecule has 0 heterocycles. The number of aromatic hydroxyl groups is 1. The number of nitrogen functional groups attached to an aromatic ring is 1. The zero-order chi connectivity index (χ0) is 13.0. The first-order valence-corrected chi connectivity index (χ1v) is 6.08. The van der Waals surface area contributed by atoms with Crippen LogP contribution in [0.3, 0.4) is 0 Å². The molecule has 0 saturated heterocycles. The van der Waals surface area contributed by atoms with Crippen LogP contribution < -0.4 is 8.80 Å². The summed E-state index contributed by atoms with van der Waals surface area (Å²) in [5.41, 5.74) is 7.82. The molecule has 2 aromatic rings. The SMILES string of the molecule is Nc1ccc(O)cc1C=Nc1ccc(OI)cc1. The summed E-state index contributed by atoms with van der Waals surface area (Å²) in [6, 6.07) is 12.1. The Morgan fingerprint density at radius 1 is 1.17 bits per heavy atom. The molecule has 5 heteroatoms.